The van der Waals surface area contributed by atoms with Crippen LogP contribution in [0.1, 0.15) is 28.2 Å². The van der Waals surface area contributed by atoms with E-state index in [0.717, 1.165) is 16.3 Å². The zero-order valence-corrected chi connectivity index (χ0v) is 17.1. The number of hydrogen-bond donors (Lipinski definition) is 1. The number of Topliss-reactive ketones (excluding diaryl/α,β-unsaturated/α-hetero) is 1. The molecule has 3 rings (SSSR count). The number of benzene rings is 2. The Labute approximate surface area is 172 Å². The van der Waals surface area contributed by atoms with Gasteiger partial charge in [0.2, 0.25) is 5.91 Å². The molecule has 144 valence electrons. The highest BCUT2D eigenvalue weighted by Crippen LogP contribution is 2.25. The lowest BCUT2D eigenvalue weighted by molar-refractivity contribution is -0.116. The van der Waals surface area contributed by atoms with Crippen LogP contribution in [0.3, 0.4) is 0 Å². The van der Waals surface area contributed by atoms with E-state index in [0.29, 0.717) is 22.0 Å². The molecule has 1 amide bonds. The van der Waals surface area contributed by atoms with Gasteiger partial charge in [-0.3, -0.25) is 9.59 Å². The lowest BCUT2D eigenvalue weighted by Crippen LogP contribution is -2.13. The Hall–Kier alpha value is -2.70. The molecule has 3 aromatic rings. The van der Waals surface area contributed by atoms with E-state index in [1.807, 2.05) is 36.6 Å². The number of hydrogen-bond acceptors (Lipinski definition) is 5. The quantitative estimate of drug-likeness (QED) is 0.527. The molecule has 0 saturated carbocycles. The van der Waals surface area contributed by atoms with Gasteiger partial charge in [0.15, 0.2) is 5.78 Å². The Morgan fingerprint density at radius 1 is 1.14 bits per heavy atom. The number of carbonyl (C=O) groups excluding carboxylic acids is 2. The number of aromatic nitrogens is 1. The molecule has 0 unspecified atom stereocenters. The highest BCUT2D eigenvalue weighted by atomic mass is 35.5. The van der Waals surface area contributed by atoms with Gasteiger partial charge in [0, 0.05) is 34.5 Å². The summed E-state index contributed by atoms with van der Waals surface area (Å²) in [4.78, 5) is 29.1. The van der Waals surface area contributed by atoms with E-state index in [4.69, 9.17) is 16.3 Å². The van der Waals surface area contributed by atoms with E-state index >= 15 is 0 Å². The van der Waals surface area contributed by atoms with Crippen molar-refractivity contribution in [1.82, 2.24) is 4.98 Å². The van der Waals surface area contributed by atoms with Crippen molar-refractivity contribution in [1.29, 1.82) is 0 Å². The third-order valence-corrected chi connectivity index (χ3v) is 5.13. The molecule has 0 aliphatic heterocycles. The molecule has 1 aromatic heterocycles. The van der Waals surface area contributed by atoms with Gasteiger partial charge in [-0.15, -0.1) is 11.3 Å². The van der Waals surface area contributed by atoms with Crippen molar-refractivity contribution in [2.24, 2.45) is 0 Å². The Balaban J connectivity index is 1.57. The second kappa shape index (κ2) is 8.99. The first-order valence-corrected chi connectivity index (χ1v) is 9.91. The van der Waals surface area contributed by atoms with Gasteiger partial charge in [-0.05, 0) is 37.3 Å². The summed E-state index contributed by atoms with van der Waals surface area (Å²) >= 11 is 7.55. The lowest BCUT2D eigenvalue weighted by Gasteiger charge is -2.09. The minimum absolute atomic E-state index is 0.0682. The second-order valence-electron chi connectivity index (χ2n) is 6.15. The Bertz CT molecular complexity index is 999. The number of carbonyl (C=O) groups is 2. The van der Waals surface area contributed by atoms with Crippen LogP contribution in [0.5, 0.6) is 5.75 Å². The molecular weight excluding hydrogens is 396 g/mol. The maximum atomic E-state index is 12.4. The molecule has 0 aliphatic carbocycles. The van der Waals surface area contributed by atoms with Crippen LogP contribution in [-0.2, 0) is 4.79 Å². The van der Waals surface area contributed by atoms with Gasteiger partial charge >= 0.3 is 0 Å². The van der Waals surface area contributed by atoms with Crippen LogP contribution in [0.4, 0.5) is 5.69 Å². The van der Waals surface area contributed by atoms with E-state index in [-0.39, 0.29) is 24.5 Å². The van der Waals surface area contributed by atoms with Gasteiger partial charge in [0.05, 0.1) is 23.4 Å². The Morgan fingerprint density at radius 3 is 2.54 bits per heavy atom. The number of amides is 1. The Morgan fingerprint density at radius 2 is 1.89 bits per heavy atom. The molecule has 5 nitrogen and oxygen atoms in total. The van der Waals surface area contributed by atoms with Crippen molar-refractivity contribution in [3.05, 3.63) is 63.4 Å². The van der Waals surface area contributed by atoms with Gasteiger partial charge in [-0.2, -0.15) is 0 Å². The predicted molar refractivity (Wildman–Crippen MR) is 112 cm³/mol. The van der Waals surface area contributed by atoms with Gasteiger partial charge in [0.1, 0.15) is 5.75 Å². The van der Waals surface area contributed by atoms with Crippen molar-refractivity contribution in [3.63, 3.8) is 0 Å². The van der Waals surface area contributed by atoms with Crippen LogP contribution >= 0.6 is 22.9 Å². The standard InChI is InChI=1S/C21H19ClN2O3S/c1-13-23-18(12-28-13)14-3-6-16(7-4-14)24-21(26)10-8-19(25)17-11-15(22)5-9-20(17)27-2/h3-7,9,11-12H,8,10H2,1-2H3,(H,24,26). The zero-order valence-electron chi connectivity index (χ0n) is 15.5. The normalized spacial score (nSPS) is 10.5. The monoisotopic (exact) mass is 414 g/mol. The van der Waals surface area contributed by atoms with Gasteiger partial charge in [0.25, 0.3) is 0 Å². The summed E-state index contributed by atoms with van der Waals surface area (Å²) in [7, 11) is 1.49. The van der Waals surface area contributed by atoms with E-state index in [9.17, 15) is 9.59 Å². The van der Waals surface area contributed by atoms with Gasteiger partial charge in [-0.25, -0.2) is 4.98 Å². The molecule has 0 saturated heterocycles. The van der Waals surface area contributed by atoms with Crippen LogP contribution in [-0.4, -0.2) is 23.8 Å². The molecule has 2 aromatic carbocycles. The van der Waals surface area contributed by atoms with E-state index in [1.165, 1.54) is 7.11 Å². The second-order valence-corrected chi connectivity index (χ2v) is 7.64. The van der Waals surface area contributed by atoms with Crippen LogP contribution in [0.2, 0.25) is 5.02 Å². The van der Waals surface area contributed by atoms with Crippen molar-refractivity contribution in [3.8, 4) is 17.0 Å². The van der Waals surface area contributed by atoms with Crippen molar-refractivity contribution < 1.29 is 14.3 Å². The highest BCUT2D eigenvalue weighted by Gasteiger charge is 2.15. The summed E-state index contributed by atoms with van der Waals surface area (Å²) in [6.07, 6.45) is 0.139. The number of nitrogens with one attached hydrogen (secondary N) is 1. The van der Waals surface area contributed by atoms with E-state index in [2.05, 4.69) is 10.3 Å². The summed E-state index contributed by atoms with van der Waals surface area (Å²) in [6, 6.07) is 12.3. The molecule has 0 atom stereocenters. The number of rotatable bonds is 7. The molecule has 0 fully saturated rings. The number of ketones is 1. The first-order chi connectivity index (χ1) is 13.5. The molecule has 1 N–H and O–H groups in total. The number of halogens is 1. The number of methoxy groups -OCH3 is 1. The number of aryl methyl sites for hydroxylation is 1. The largest absolute Gasteiger partial charge is 0.496 e. The molecule has 0 spiro atoms. The van der Waals surface area contributed by atoms with E-state index < -0.39 is 0 Å². The Kier molecular flexibility index (Phi) is 6.44. The van der Waals surface area contributed by atoms with E-state index in [1.54, 1.807) is 29.5 Å². The van der Waals surface area contributed by atoms with Crippen LogP contribution in [0.15, 0.2) is 47.8 Å². The molecular formula is C21H19ClN2O3S. The summed E-state index contributed by atoms with van der Waals surface area (Å²) in [5.74, 6) is 0.0259. The minimum atomic E-state index is -0.230. The lowest BCUT2D eigenvalue weighted by atomic mass is 10.1. The van der Waals surface area contributed by atoms with Crippen LogP contribution < -0.4 is 10.1 Å². The van der Waals surface area contributed by atoms with Crippen molar-refractivity contribution >= 4 is 40.3 Å². The van der Waals surface area contributed by atoms with Crippen molar-refractivity contribution in [2.45, 2.75) is 19.8 Å². The van der Waals surface area contributed by atoms with Crippen LogP contribution in [0, 0.1) is 6.92 Å². The van der Waals surface area contributed by atoms with Gasteiger partial charge < -0.3 is 10.1 Å². The highest BCUT2D eigenvalue weighted by molar-refractivity contribution is 7.09. The maximum Gasteiger partial charge on any atom is 0.224 e. The molecule has 28 heavy (non-hydrogen) atoms. The minimum Gasteiger partial charge on any atom is -0.496 e. The maximum absolute atomic E-state index is 12.4. The molecule has 1 heterocycles. The van der Waals surface area contributed by atoms with Crippen molar-refractivity contribution in [2.75, 3.05) is 12.4 Å². The predicted octanol–water partition coefficient (Wildman–Crippen LogP) is 5.38. The average molecular weight is 415 g/mol. The number of nitrogens with zero attached hydrogens (tertiary/aromatic N) is 1. The number of thiazole rings is 1. The fourth-order valence-corrected chi connectivity index (χ4v) is 3.50. The summed E-state index contributed by atoms with van der Waals surface area (Å²) in [6.45, 7) is 1.96. The third-order valence-electron chi connectivity index (χ3n) is 4.12. The zero-order chi connectivity index (χ0) is 20.1. The average Bonchev–Trinajstić information content (AvgIpc) is 3.13. The summed E-state index contributed by atoms with van der Waals surface area (Å²) in [5, 5.41) is 6.26. The molecule has 0 radical (unpaired) electrons. The fraction of sp³-hybridized carbons (Fsp3) is 0.190. The SMILES string of the molecule is COc1ccc(Cl)cc1C(=O)CCC(=O)Nc1ccc(-c2csc(C)n2)cc1. The van der Waals surface area contributed by atoms with Gasteiger partial charge in [-0.1, -0.05) is 23.7 Å². The summed E-state index contributed by atoms with van der Waals surface area (Å²) < 4.78 is 5.19. The molecule has 0 aliphatic rings. The molecule has 0 bridgehead atoms. The topological polar surface area (TPSA) is 68.3 Å². The summed E-state index contributed by atoms with van der Waals surface area (Å²) in [5.41, 5.74) is 2.96. The first kappa shape index (κ1) is 20.0. The van der Waals surface area contributed by atoms with Crippen LogP contribution in [0.25, 0.3) is 11.3 Å². The number of ether oxygens (including phenoxy) is 1. The smallest absolute Gasteiger partial charge is 0.224 e. The molecule has 7 heteroatoms. The number of anilines is 1. The first-order valence-electron chi connectivity index (χ1n) is 8.65. The third kappa shape index (κ3) is 4.97. The fourth-order valence-electron chi connectivity index (χ4n) is 2.70.